The summed E-state index contributed by atoms with van der Waals surface area (Å²) in [5.74, 6) is 1.59. The molecule has 5 nitrogen and oxygen atoms in total. The summed E-state index contributed by atoms with van der Waals surface area (Å²) in [6, 6.07) is 10.5. The molecule has 0 spiro atoms. The van der Waals surface area contributed by atoms with Gasteiger partial charge in [-0.15, -0.1) is 0 Å². The molecule has 0 radical (unpaired) electrons. The molecule has 0 saturated carbocycles. The minimum atomic E-state index is -0.700. The van der Waals surface area contributed by atoms with Crippen molar-refractivity contribution in [2.45, 2.75) is 26.0 Å². The lowest BCUT2D eigenvalue weighted by atomic mass is 10.2. The molecule has 1 unspecified atom stereocenters. The van der Waals surface area contributed by atoms with Crippen LogP contribution in [0.4, 0.5) is 0 Å². The quantitative estimate of drug-likeness (QED) is 0.822. The lowest BCUT2D eigenvalue weighted by Gasteiger charge is -2.16. The monoisotopic (exact) mass is 395 g/mol. The summed E-state index contributed by atoms with van der Waals surface area (Å²) >= 11 is 11.9. The fourth-order valence-corrected chi connectivity index (χ4v) is 2.92. The van der Waals surface area contributed by atoms with Crippen molar-refractivity contribution in [1.82, 2.24) is 5.32 Å². The molecular formula is C19H19Cl2NO4. The zero-order valence-corrected chi connectivity index (χ0v) is 15.8. The molecule has 0 fully saturated rings. The molecule has 7 heteroatoms. The number of amides is 1. The average molecular weight is 396 g/mol. The molecule has 0 aromatic heterocycles. The van der Waals surface area contributed by atoms with Gasteiger partial charge in [-0.05, 0) is 42.8 Å². The predicted molar refractivity (Wildman–Crippen MR) is 100 cm³/mol. The van der Waals surface area contributed by atoms with Crippen molar-refractivity contribution in [2.75, 3.05) is 13.2 Å². The van der Waals surface area contributed by atoms with Gasteiger partial charge in [0.05, 0.1) is 18.2 Å². The topological polar surface area (TPSA) is 56.8 Å². The van der Waals surface area contributed by atoms with Crippen molar-refractivity contribution in [3.63, 3.8) is 0 Å². The van der Waals surface area contributed by atoms with Gasteiger partial charge in [0.2, 0.25) is 0 Å². The van der Waals surface area contributed by atoms with Gasteiger partial charge in [0.1, 0.15) is 5.75 Å². The molecule has 26 heavy (non-hydrogen) atoms. The molecule has 1 N–H and O–H groups in total. The van der Waals surface area contributed by atoms with E-state index in [0.717, 1.165) is 17.7 Å². The number of hydrogen-bond acceptors (Lipinski definition) is 4. The molecule has 0 bridgehead atoms. The molecule has 1 amide bonds. The highest BCUT2D eigenvalue weighted by Gasteiger charge is 2.17. The Hall–Kier alpha value is -2.11. The van der Waals surface area contributed by atoms with Crippen molar-refractivity contribution in [2.24, 2.45) is 0 Å². The van der Waals surface area contributed by atoms with Crippen molar-refractivity contribution < 1.29 is 19.0 Å². The van der Waals surface area contributed by atoms with Crippen LogP contribution in [0.15, 0.2) is 36.4 Å². The molecular weight excluding hydrogens is 377 g/mol. The highest BCUT2D eigenvalue weighted by atomic mass is 35.5. The van der Waals surface area contributed by atoms with Gasteiger partial charge < -0.3 is 19.5 Å². The number of fused-ring (bicyclic) bond motifs is 1. The van der Waals surface area contributed by atoms with Crippen molar-refractivity contribution >= 4 is 29.1 Å². The summed E-state index contributed by atoms with van der Waals surface area (Å²) in [7, 11) is 0. The molecule has 1 heterocycles. The number of carbonyl (C=O) groups is 1. The van der Waals surface area contributed by atoms with E-state index >= 15 is 0 Å². The third-order valence-corrected chi connectivity index (χ3v) is 4.38. The van der Waals surface area contributed by atoms with Crippen LogP contribution >= 0.6 is 23.2 Å². The van der Waals surface area contributed by atoms with E-state index in [9.17, 15) is 4.79 Å². The van der Waals surface area contributed by atoms with Gasteiger partial charge in [-0.25, -0.2) is 0 Å². The number of benzene rings is 2. The van der Waals surface area contributed by atoms with Crippen molar-refractivity contribution in [3.8, 4) is 17.2 Å². The zero-order chi connectivity index (χ0) is 18.5. The Morgan fingerprint density at radius 1 is 1.15 bits per heavy atom. The Labute approximate surface area is 162 Å². The van der Waals surface area contributed by atoms with Gasteiger partial charge >= 0.3 is 0 Å². The Morgan fingerprint density at radius 2 is 1.92 bits per heavy atom. The summed E-state index contributed by atoms with van der Waals surface area (Å²) in [6.07, 6.45) is 0.150. The maximum atomic E-state index is 12.3. The highest BCUT2D eigenvalue weighted by Crippen LogP contribution is 2.30. The number of carbonyl (C=O) groups excluding carboxylic acids is 1. The summed E-state index contributed by atoms with van der Waals surface area (Å²) in [5, 5.41) is 3.71. The van der Waals surface area contributed by atoms with E-state index in [1.165, 1.54) is 0 Å². The van der Waals surface area contributed by atoms with E-state index in [4.69, 9.17) is 37.4 Å². The van der Waals surface area contributed by atoms with Gasteiger partial charge in [0.25, 0.3) is 5.91 Å². The van der Waals surface area contributed by atoms with E-state index in [2.05, 4.69) is 5.32 Å². The molecule has 1 aliphatic rings. The molecule has 1 atom stereocenters. The Morgan fingerprint density at radius 3 is 2.69 bits per heavy atom. The van der Waals surface area contributed by atoms with Crippen molar-refractivity contribution in [1.29, 1.82) is 0 Å². The predicted octanol–water partition coefficient (Wildman–Crippen LogP) is 4.24. The summed E-state index contributed by atoms with van der Waals surface area (Å²) in [6.45, 7) is 3.28. The third kappa shape index (κ3) is 4.74. The Kier molecular flexibility index (Phi) is 6.12. The summed E-state index contributed by atoms with van der Waals surface area (Å²) in [5.41, 5.74) is 0.916. The second-order valence-electron chi connectivity index (χ2n) is 5.88. The van der Waals surface area contributed by atoms with E-state index in [1.54, 1.807) is 25.1 Å². The number of rotatable bonds is 5. The van der Waals surface area contributed by atoms with Gasteiger partial charge in [-0.1, -0.05) is 29.3 Å². The third-order valence-electron chi connectivity index (χ3n) is 3.85. The lowest BCUT2D eigenvalue weighted by molar-refractivity contribution is -0.127. The zero-order valence-electron chi connectivity index (χ0n) is 14.3. The van der Waals surface area contributed by atoms with E-state index < -0.39 is 6.10 Å². The number of halogens is 2. The first kappa shape index (κ1) is 18.7. The normalized spacial score (nSPS) is 14.3. The molecule has 0 aliphatic carbocycles. The summed E-state index contributed by atoms with van der Waals surface area (Å²) in [4.78, 5) is 12.3. The minimum absolute atomic E-state index is 0.247. The second-order valence-corrected chi connectivity index (χ2v) is 6.73. The molecule has 3 rings (SSSR count). The van der Waals surface area contributed by atoms with E-state index in [1.807, 2.05) is 18.2 Å². The second kappa shape index (κ2) is 8.52. The fourth-order valence-electron chi connectivity index (χ4n) is 2.47. The number of nitrogens with one attached hydrogen (secondary N) is 1. The van der Waals surface area contributed by atoms with E-state index in [-0.39, 0.29) is 5.91 Å². The molecule has 138 valence electrons. The Balaban J connectivity index is 1.57. The van der Waals surface area contributed by atoms with Gasteiger partial charge in [-0.3, -0.25) is 4.79 Å². The molecule has 2 aromatic rings. The smallest absolute Gasteiger partial charge is 0.261 e. The summed E-state index contributed by atoms with van der Waals surface area (Å²) < 4.78 is 16.9. The van der Waals surface area contributed by atoms with Crippen molar-refractivity contribution in [3.05, 3.63) is 52.0 Å². The molecule has 0 saturated heterocycles. The SMILES string of the molecule is CC(Oc1ccc(Cl)cc1Cl)C(=O)NCc1ccc2c(c1)OCCCO2. The average Bonchev–Trinajstić information content (AvgIpc) is 2.86. The van der Waals surface area contributed by atoms with Crippen LogP contribution in [-0.4, -0.2) is 25.2 Å². The number of ether oxygens (including phenoxy) is 3. The standard InChI is InChI=1S/C19H19Cl2NO4/c1-12(26-16-6-4-14(20)10-15(16)21)19(23)22-11-13-3-5-17-18(9-13)25-8-2-7-24-17/h3-6,9-10,12H,2,7-8,11H2,1H3,(H,22,23). The fraction of sp³-hybridized carbons (Fsp3) is 0.316. The maximum Gasteiger partial charge on any atom is 0.261 e. The van der Waals surface area contributed by atoms with Crippen LogP contribution in [-0.2, 0) is 11.3 Å². The van der Waals surface area contributed by atoms with Crippen LogP contribution in [0.1, 0.15) is 18.9 Å². The van der Waals surface area contributed by atoms with Crippen LogP contribution in [0.3, 0.4) is 0 Å². The van der Waals surface area contributed by atoms with Crippen LogP contribution in [0.5, 0.6) is 17.2 Å². The first-order valence-corrected chi connectivity index (χ1v) is 9.06. The van der Waals surface area contributed by atoms with Crippen LogP contribution in [0.25, 0.3) is 0 Å². The molecule has 2 aromatic carbocycles. The van der Waals surface area contributed by atoms with Crippen LogP contribution < -0.4 is 19.5 Å². The minimum Gasteiger partial charge on any atom is -0.490 e. The first-order valence-electron chi connectivity index (χ1n) is 8.31. The largest absolute Gasteiger partial charge is 0.490 e. The van der Waals surface area contributed by atoms with Gasteiger partial charge in [0, 0.05) is 18.0 Å². The Bertz CT molecular complexity index is 797. The van der Waals surface area contributed by atoms with Gasteiger partial charge in [-0.2, -0.15) is 0 Å². The molecule has 1 aliphatic heterocycles. The highest BCUT2D eigenvalue weighted by molar-refractivity contribution is 6.35. The van der Waals surface area contributed by atoms with Gasteiger partial charge in [0.15, 0.2) is 17.6 Å². The van der Waals surface area contributed by atoms with Crippen LogP contribution in [0, 0.1) is 0 Å². The first-order chi connectivity index (χ1) is 12.5. The van der Waals surface area contributed by atoms with E-state index in [0.29, 0.717) is 41.3 Å². The maximum absolute atomic E-state index is 12.3. The number of hydrogen-bond donors (Lipinski definition) is 1. The lowest BCUT2D eigenvalue weighted by Crippen LogP contribution is -2.35. The van der Waals surface area contributed by atoms with Crippen LogP contribution in [0.2, 0.25) is 10.0 Å².